The molecule has 1 amide bonds. The second kappa shape index (κ2) is 7.39. The third kappa shape index (κ3) is 4.53. The molecule has 0 saturated heterocycles. The van der Waals surface area contributed by atoms with Gasteiger partial charge in [0.25, 0.3) is 0 Å². The summed E-state index contributed by atoms with van der Waals surface area (Å²) in [6.45, 7) is 1.77. The van der Waals surface area contributed by atoms with E-state index in [2.05, 4.69) is 21.2 Å². The fourth-order valence-electron chi connectivity index (χ4n) is 1.36. The molecule has 1 aromatic carbocycles. The van der Waals surface area contributed by atoms with Crippen LogP contribution in [0.5, 0.6) is 0 Å². The summed E-state index contributed by atoms with van der Waals surface area (Å²) < 4.78 is 40.0. The Labute approximate surface area is 135 Å². The zero-order valence-electron chi connectivity index (χ0n) is 11.0. The number of carbonyl (C=O) groups is 1. The van der Waals surface area contributed by atoms with Gasteiger partial charge in [0.05, 0.1) is 21.7 Å². The van der Waals surface area contributed by atoms with Gasteiger partial charge in [0.2, 0.25) is 15.9 Å². The summed E-state index contributed by atoms with van der Waals surface area (Å²) in [6.07, 6.45) is 0.714. The van der Waals surface area contributed by atoms with Gasteiger partial charge in [0.1, 0.15) is 4.90 Å². The van der Waals surface area contributed by atoms with E-state index in [0.717, 1.165) is 6.07 Å². The zero-order valence-corrected chi connectivity index (χ0v) is 14.2. The number of nitrogens with one attached hydrogen (secondary N) is 2. The number of carbonyl (C=O) groups excluding carboxylic acids is 1. The van der Waals surface area contributed by atoms with E-state index in [-0.39, 0.29) is 9.50 Å². The molecule has 0 aromatic heterocycles. The van der Waals surface area contributed by atoms with Crippen molar-refractivity contribution < 1.29 is 17.6 Å². The highest BCUT2D eigenvalue weighted by Crippen LogP contribution is 2.34. The highest BCUT2D eigenvalue weighted by Gasteiger charge is 2.24. The van der Waals surface area contributed by atoms with Crippen molar-refractivity contribution in [2.75, 3.05) is 18.8 Å². The topological polar surface area (TPSA) is 101 Å². The maximum Gasteiger partial charge on any atom is 0.244 e. The van der Waals surface area contributed by atoms with E-state index in [9.17, 15) is 17.6 Å². The van der Waals surface area contributed by atoms with E-state index in [1.807, 2.05) is 11.6 Å². The smallest absolute Gasteiger partial charge is 0.244 e. The first-order valence-corrected chi connectivity index (χ1v) is 8.55. The van der Waals surface area contributed by atoms with Crippen LogP contribution in [0, 0.1) is 5.82 Å². The van der Waals surface area contributed by atoms with Crippen LogP contribution in [0.1, 0.15) is 13.3 Å². The molecule has 0 saturated carbocycles. The fraction of sp³-hybridized carbons (Fsp3) is 0.364. The molecule has 0 atom stereocenters. The van der Waals surface area contributed by atoms with Crippen LogP contribution in [0.25, 0.3) is 0 Å². The lowest BCUT2D eigenvalue weighted by molar-refractivity contribution is -0.119. The minimum atomic E-state index is -4.24. The molecule has 0 heterocycles. The van der Waals surface area contributed by atoms with Gasteiger partial charge in [-0.1, -0.05) is 18.5 Å². The molecule has 6 nitrogen and oxygen atoms in total. The summed E-state index contributed by atoms with van der Waals surface area (Å²) in [4.78, 5) is 10.7. The number of benzene rings is 1. The zero-order chi connectivity index (χ0) is 16.2. The Balaban J connectivity index is 2.97. The van der Waals surface area contributed by atoms with Crippen LogP contribution in [0.15, 0.2) is 15.4 Å². The summed E-state index contributed by atoms with van der Waals surface area (Å²) >= 11 is 8.71. The Morgan fingerprint density at radius 3 is 2.71 bits per heavy atom. The SMILES string of the molecule is CCCNC(=O)CNS(=O)(=O)c1cc(Cl)c(Br)c(N)c1F. The Kier molecular flexibility index (Phi) is 6.39. The van der Waals surface area contributed by atoms with Gasteiger partial charge in [0, 0.05) is 6.54 Å². The van der Waals surface area contributed by atoms with Gasteiger partial charge in [0.15, 0.2) is 5.82 Å². The van der Waals surface area contributed by atoms with Crippen molar-refractivity contribution in [3.05, 3.63) is 21.4 Å². The maximum absolute atomic E-state index is 13.9. The van der Waals surface area contributed by atoms with E-state index in [1.54, 1.807) is 0 Å². The van der Waals surface area contributed by atoms with Crippen molar-refractivity contribution in [3.8, 4) is 0 Å². The van der Waals surface area contributed by atoms with Crippen molar-refractivity contribution in [3.63, 3.8) is 0 Å². The van der Waals surface area contributed by atoms with Gasteiger partial charge < -0.3 is 11.1 Å². The number of hydrogen-bond donors (Lipinski definition) is 3. The van der Waals surface area contributed by atoms with E-state index < -0.39 is 38.9 Å². The van der Waals surface area contributed by atoms with Crippen LogP contribution in [0.3, 0.4) is 0 Å². The Morgan fingerprint density at radius 2 is 2.14 bits per heavy atom. The monoisotopic (exact) mass is 401 g/mol. The lowest BCUT2D eigenvalue weighted by Crippen LogP contribution is -2.37. The Hall–Kier alpha value is -0.900. The van der Waals surface area contributed by atoms with Gasteiger partial charge in [-0.25, -0.2) is 17.5 Å². The molecular formula is C11H14BrClFN3O3S. The molecule has 0 aliphatic heterocycles. The predicted octanol–water partition coefficient (Wildman–Crippen LogP) is 1.63. The van der Waals surface area contributed by atoms with Crippen molar-refractivity contribution in [2.24, 2.45) is 0 Å². The molecule has 0 aliphatic rings. The number of nitrogens with two attached hydrogens (primary N) is 1. The molecule has 1 rings (SSSR count). The first-order valence-electron chi connectivity index (χ1n) is 5.90. The van der Waals surface area contributed by atoms with Crippen molar-refractivity contribution in [1.82, 2.24) is 10.0 Å². The Bertz CT molecular complexity index is 655. The molecule has 0 unspecified atom stereocenters. The van der Waals surface area contributed by atoms with Crippen molar-refractivity contribution >= 4 is 49.1 Å². The van der Waals surface area contributed by atoms with E-state index in [1.165, 1.54) is 0 Å². The highest BCUT2D eigenvalue weighted by atomic mass is 79.9. The largest absolute Gasteiger partial charge is 0.395 e. The lowest BCUT2D eigenvalue weighted by atomic mass is 10.3. The minimum absolute atomic E-state index is 0.0512. The molecule has 1 aromatic rings. The van der Waals surface area contributed by atoms with E-state index in [4.69, 9.17) is 17.3 Å². The average Bonchev–Trinajstić information content (AvgIpc) is 2.44. The van der Waals surface area contributed by atoms with E-state index >= 15 is 0 Å². The molecule has 0 fully saturated rings. The van der Waals surface area contributed by atoms with Crippen molar-refractivity contribution in [1.29, 1.82) is 0 Å². The van der Waals surface area contributed by atoms with Gasteiger partial charge in [-0.2, -0.15) is 0 Å². The van der Waals surface area contributed by atoms with Gasteiger partial charge in [-0.15, -0.1) is 0 Å². The minimum Gasteiger partial charge on any atom is -0.395 e. The summed E-state index contributed by atoms with van der Waals surface area (Å²) in [5.74, 6) is -1.65. The van der Waals surface area contributed by atoms with Crippen molar-refractivity contribution in [2.45, 2.75) is 18.2 Å². The number of halogens is 3. The summed E-state index contributed by atoms with van der Waals surface area (Å²) in [7, 11) is -4.24. The maximum atomic E-state index is 13.9. The summed E-state index contributed by atoms with van der Waals surface area (Å²) in [6, 6.07) is 0.920. The summed E-state index contributed by atoms with van der Waals surface area (Å²) in [5, 5.41) is 2.43. The van der Waals surface area contributed by atoms with Gasteiger partial charge in [-0.3, -0.25) is 4.79 Å². The van der Waals surface area contributed by atoms with Crippen LogP contribution in [0.2, 0.25) is 5.02 Å². The Morgan fingerprint density at radius 1 is 1.52 bits per heavy atom. The number of nitrogen functional groups attached to an aromatic ring is 1. The molecule has 0 bridgehead atoms. The second-order valence-electron chi connectivity index (χ2n) is 4.07. The molecule has 0 radical (unpaired) electrons. The quantitative estimate of drug-likeness (QED) is 0.497. The molecule has 4 N–H and O–H groups in total. The number of rotatable bonds is 6. The number of anilines is 1. The average molecular weight is 403 g/mol. The molecule has 0 aliphatic carbocycles. The molecule has 10 heteroatoms. The molecule has 118 valence electrons. The number of hydrogen-bond acceptors (Lipinski definition) is 4. The summed E-state index contributed by atoms with van der Waals surface area (Å²) in [5.41, 5.74) is 5.01. The highest BCUT2D eigenvalue weighted by molar-refractivity contribution is 9.10. The van der Waals surface area contributed by atoms with Gasteiger partial charge >= 0.3 is 0 Å². The molecular weight excluding hydrogens is 389 g/mol. The first-order chi connectivity index (χ1) is 9.70. The van der Waals surface area contributed by atoms with Crippen LogP contribution in [0.4, 0.5) is 10.1 Å². The molecule has 21 heavy (non-hydrogen) atoms. The second-order valence-corrected chi connectivity index (χ2v) is 7.01. The van der Waals surface area contributed by atoms with Gasteiger partial charge in [-0.05, 0) is 28.4 Å². The van der Waals surface area contributed by atoms with E-state index in [0.29, 0.717) is 13.0 Å². The number of sulfonamides is 1. The third-order valence-corrected chi connectivity index (χ3v) is 5.22. The lowest BCUT2D eigenvalue weighted by Gasteiger charge is -2.11. The fourth-order valence-corrected chi connectivity index (χ4v) is 3.02. The van der Waals surface area contributed by atoms with Crippen LogP contribution < -0.4 is 15.8 Å². The number of amides is 1. The molecule has 0 spiro atoms. The first kappa shape index (κ1) is 18.1. The van der Waals surface area contributed by atoms with Crippen LogP contribution in [-0.2, 0) is 14.8 Å². The predicted molar refractivity (Wildman–Crippen MR) is 82.0 cm³/mol. The third-order valence-electron chi connectivity index (χ3n) is 2.44. The van der Waals surface area contributed by atoms with Crippen LogP contribution in [-0.4, -0.2) is 27.4 Å². The van der Waals surface area contributed by atoms with Crippen LogP contribution >= 0.6 is 27.5 Å². The normalized spacial score (nSPS) is 11.4. The standard InChI is InChI=1S/C11H14BrClFN3O3S/c1-2-3-16-8(18)5-17-21(19,20)7-4-6(13)9(12)11(15)10(7)14/h4,17H,2-3,5,15H2,1H3,(H,16,18).